The van der Waals surface area contributed by atoms with Crippen LogP contribution in [0.2, 0.25) is 0 Å². The molecule has 60 heavy (non-hydrogen) atoms. The minimum atomic E-state index is -4.05. The number of hydrogen-bond acceptors (Lipinski definition) is 12. The first kappa shape index (κ1) is 41.7. The Bertz CT molecular complexity index is 2440. The molecule has 0 spiro atoms. The molecule has 1 fully saturated rings. The molecule has 4 atom stereocenters. The molecule has 0 radical (unpaired) electrons. The van der Waals surface area contributed by atoms with Gasteiger partial charge in [-0.15, -0.1) is 5.10 Å². The number of piperazine rings is 1. The van der Waals surface area contributed by atoms with Crippen LogP contribution >= 0.6 is 0 Å². The lowest BCUT2D eigenvalue weighted by Gasteiger charge is -2.37. The van der Waals surface area contributed by atoms with E-state index in [-0.39, 0.29) is 0 Å². The second-order valence-corrected chi connectivity index (χ2v) is 15.1. The molecule has 1 aliphatic rings. The minimum absolute atomic E-state index is 0.393. The van der Waals surface area contributed by atoms with Crippen LogP contribution in [-0.4, -0.2) is 112 Å². The molecule has 0 amide bonds. The van der Waals surface area contributed by atoms with Crippen LogP contribution in [0.1, 0.15) is 37.6 Å². The molecule has 16 nitrogen and oxygen atoms in total. The average molecular weight is 827 g/mol. The van der Waals surface area contributed by atoms with Gasteiger partial charge in [0.2, 0.25) is 0 Å². The van der Waals surface area contributed by atoms with Gasteiger partial charge in [0, 0.05) is 55.1 Å². The van der Waals surface area contributed by atoms with Gasteiger partial charge in [0.1, 0.15) is 36.0 Å². The number of rotatable bonds is 15. The van der Waals surface area contributed by atoms with Crippen molar-refractivity contribution in [1.29, 1.82) is 0 Å². The maximum Gasteiger partial charge on any atom is 0.351 e. The molecular weight excluding hydrogens is 782 g/mol. The Morgan fingerprint density at radius 2 is 1.55 bits per heavy atom. The molecule has 0 bridgehead atoms. The Morgan fingerprint density at radius 3 is 2.12 bits per heavy atom. The Hall–Kier alpha value is -6.47. The summed E-state index contributed by atoms with van der Waals surface area (Å²) in [5.41, 5.74) is -1.64. The number of aliphatic hydroxyl groups is 1. The van der Waals surface area contributed by atoms with Crippen molar-refractivity contribution in [3.05, 3.63) is 125 Å². The quantitative estimate of drug-likeness (QED) is 0.151. The number of anilines is 2. The van der Waals surface area contributed by atoms with E-state index in [1.807, 2.05) is 44.2 Å². The predicted molar refractivity (Wildman–Crippen MR) is 215 cm³/mol. The number of tetrazole rings is 1. The van der Waals surface area contributed by atoms with Gasteiger partial charge in [-0.3, -0.25) is 14.7 Å². The first-order valence-electron chi connectivity index (χ1n) is 19.4. The summed E-state index contributed by atoms with van der Waals surface area (Å²) in [5.74, 6) is -6.01. The maximum absolute atomic E-state index is 16.2. The van der Waals surface area contributed by atoms with Crippen LogP contribution in [0.25, 0.3) is 16.9 Å². The standard InChI is InChI=1S/C41H45F3N12O4/c1-5-34(27(2)37(38(57)58)51(3)4)56-39(59)55(26-48-56)36-17-15-31(23-46-36)53-20-18-52(19-21-53)30-13-10-28(11-14-30)29-12-16-35(45-22-29)41(43,44)40(60,24-54-25-47-49-50-54)32-8-6-7-9-33(32)42/h6-17,22-23,25-27,34,37,60H,5,18-21,24H2,1-4H3,(H,57,58). The Labute approximate surface area is 343 Å². The molecule has 1 saturated heterocycles. The van der Waals surface area contributed by atoms with E-state index in [0.717, 1.165) is 59.2 Å². The monoisotopic (exact) mass is 826 g/mol. The van der Waals surface area contributed by atoms with Crippen molar-refractivity contribution in [3.63, 3.8) is 0 Å². The zero-order valence-corrected chi connectivity index (χ0v) is 33.4. The molecule has 314 valence electrons. The fourth-order valence-electron chi connectivity index (χ4n) is 7.99. The van der Waals surface area contributed by atoms with Gasteiger partial charge in [0.15, 0.2) is 5.60 Å². The molecule has 19 heteroatoms. The minimum Gasteiger partial charge on any atom is -0.480 e. The number of hydrogen-bond donors (Lipinski definition) is 2. The van der Waals surface area contributed by atoms with E-state index >= 15 is 8.78 Å². The molecule has 2 N–H and O–H groups in total. The van der Waals surface area contributed by atoms with E-state index in [1.165, 1.54) is 40.0 Å². The number of alkyl halides is 2. The Morgan fingerprint density at radius 1 is 0.883 bits per heavy atom. The fraction of sp³-hybridized carbons (Fsp3) is 0.366. The van der Waals surface area contributed by atoms with Crippen LogP contribution in [0.15, 0.2) is 103 Å². The van der Waals surface area contributed by atoms with Crippen molar-refractivity contribution in [2.75, 3.05) is 50.1 Å². The summed E-state index contributed by atoms with van der Waals surface area (Å²) in [6, 6.07) is 17.5. The zero-order chi connectivity index (χ0) is 42.8. The van der Waals surface area contributed by atoms with Crippen LogP contribution < -0.4 is 15.5 Å². The Balaban J connectivity index is 0.986. The topological polar surface area (TPSA) is 176 Å². The van der Waals surface area contributed by atoms with Crippen molar-refractivity contribution in [1.82, 2.24) is 49.4 Å². The van der Waals surface area contributed by atoms with Gasteiger partial charge in [-0.1, -0.05) is 50.2 Å². The SMILES string of the molecule is CCC(C(C)C(C(=O)O)N(C)C)n1ncn(-c2ccc(N3CCN(c4ccc(-c5ccc(C(F)(F)C(O)(Cn6cnnn6)c6ccccc6F)nc5)cc4)CC3)cn2)c1=O. The number of carboxylic acid groups (broad SMARTS) is 1. The average Bonchev–Trinajstić information content (AvgIpc) is 3.90. The summed E-state index contributed by atoms with van der Waals surface area (Å²) >= 11 is 0. The molecule has 4 unspecified atom stereocenters. The summed E-state index contributed by atoms with van der Waals surface area (Å²) in [7, 11) is 3.41. The highest BCUT2D eigenvalue weighted by molar-refractivity contribution is 5.74. The lowest BCUT2D eigenvalue weighted by molar-refractivity contribution is -0.207. The van der Waals surface area contributed by atoms with E-state index < -0.39 is 64.8 Å². The number of pyridine rings is 2. The van der Waals surface area contributed by atoms with Gasteiger partial charge < -0.3 is 20.0 Å². The highest BCUT2D eigenvalue weighted by Crippen LogP contribution is 2.46. The van der Waals surface area contributed by atoms with Crippen molar-refractivity contribution in [2.24, 2.45) is 5.92 Å². The van der Waals surface area contributed by atoms with Gasteiger partial charge in [-0.25, -0.2) is 28.1 Å². The van der Waals surface area contributed by atoms with E-state index in [1.54, 1.807) is 31.3 Å². The van der Waals surface area contributed by atoms with E-state index in [2.05, 4.69) is 40.4 Å². The summed E-state index contributed by atoms with van der Waals surface area (Å²) in [6.07, 6.45) is 6.01. The van der Waals surface area contributed by atoms with Crippen LogP contribution in [0.5, 0.6) is 0 Å². The summed E-state index contributed by atoms with van der Waals surface area (Å²) in [6.45, 7) is 5.74. The lowest BCUT2D eigenvalue weighted by atomic mass is 9.84. The summed E-state index contributed by atoms with van der Waals surface area (Å²) in [4.78, 5) is 40.1. The number of aromatic nitrogens is 9. The molecule has 6 aromatic rings. The molecule has 0 aliphatic carbocycles. The number of halogens is 3. The predicted octanol–water partition coefficient (Wildman–Crippen LogP) is 4.23. The molecule has 4 aromatic heterocycles. The highest BCUT2D eigenvalue weighted by atomic mass is 19.3. The third kappa shape index (κ3) is 7.96. The van der Waals surface area contributed by atoms with E-state index in [4.69, 9.17) is 0 Å². The second-order valence-electron chi connectivity index (χ2n) is 15.1. The first-order valence-corrected chi connectivity index (χ1v) is 19.4. The van der Waals surface area contributed by atoms with E-state index in [0.29, 0.717) is 30.9 Å². The van der Waals surface area contributed by atoms with Crippen LogP contribution in [-0.2, 0) is 22.9 Å². The van der Waals surface area contributed by atoms with Gasteiger partial charge in [0.25, 0.3) is 0 Å². The summed E-state index contributed by atoms with van der Waals surface area (Å²) in [5, 5.41) is 36.1. The normalized spacial score (nSPS) is 16.1. The first-order chi connectivity index (χ1) is 28.7. The number of aliphatic carboxylic acids is 1. The Kier molecular flexibility index (Phi) is 11.8. The summed E-state index contributed by atoms with van der Waals surface area (Å²) < 4.78 is 50.9. The fourth-order valence-corrected chi connectivity index (χ4v) is 7.99. The van der Waals surface area contributed by atoms with Crippen LogP contribution in [0.3, 0.4) is 0 Å². The zero-order valence-electron chi connectivity index (χ0n) is 33.4. The largest absolute Gasteiger partial charge is 0.480 e. The van der Waals surface area contributed by atoms with Crippen LogP contribution in [0.4, 0.5) is 24.5 Å². The maximum atomic E-state index is 16.2. The molecule has 7 rings (SSSR count). The number of nitrogens with zero attached hydrogens (tertiary/aromatic N) is 12. The smallest absolute Gasteiger partial charge is 0.351 e. The van der Waals surface area contributed by atoms with Crippen molar-refractivity contribution in [2.45, 2.75) is 50.4 Å². The van der Waals surface area contributed by atoms with Gasteiger partial charge in [-0.2, -0.15) is 13.9 Å². The van der Waals surface area contributed by atoms with E-state index in [9.17, 15) is 24.2 Å². The van der Waals surface area contributed by atoms with Crippen molar-refractivity contribution in [3.8, 4) is 16.9 Å². The lowest BCUT2D eigenvalue weighted by Crippen LogP contribution is -2.48. The number of benzene rings is 2. The number of likely N-dealkylation sites (N-methyl/N-ethyl adjacent to an activating group) is 1. The third-order valence-electron chi connectivity index (χ3n) is 11.2. The number of carbonyl (C=O) groups is 1. The molecule has 5 heterocycles. The third-order valence-corrected chi connectivity index (χ3v) is 11.2. The molecule has 1 aliphatic heterocycles. The highest BCUT2D eigenvalue weighted by Gasteiger charge is 2.58. The van der Waals surface area contributed by atoms with Gasteiger partial charge in [0.05, 0.1) is 24.5 Å². The molecule has 0 saturated carbocycles. The van der Waals surface area contributed by atoms with Crippen LogP contribution in [0, 0.1) is 11.7 Å². The number of carboxylic acids is 1. The molecular formula is C41H45F3N12O4. The van der Waals surface area contributed by atoms with Crippen molar-refractivity contribution < 1.29 is 28.2 Å². The molecule has 2 aromatic carbocycles. The van der Waals surface area contributed by atoms with Gasteiger partial charge >= 0.3 is 17.6 Å². The van der Waals surface area contributed by atoms with Crippen molar-refractivity contribution >= 4 is 17.3 Å². The van der Waals surface area contributed by atoms with Gasteiger partial charge in [-0.05, 0) is 72.9 Å². The second kappa shape index (κ2) is 17.0.